The van der Waals surface area contributed by atoms with Crippen molar-refractivity contribution in [1.29, 1.82) is 0 Å². The fourth-order valence-corrected chi connectivity index (χ4v) is 3.12. The molecule has 6 heteroatoms. The van der Waals surface area contributed by atoms with E-state index in [1.807, 2.05) is 30.0 Å². The molecule has 1 heterocycles. The third-order valence-electron chi connectivity index (χ3n) is 4.55. The molecule has 24 heavy (non-hydrogen) atoms. The minimum Gasteiger partial charge on any atom is -0.492 e. The lowest BCUT2D eigenvalue weighted by molar-refractivity contribution is -0.133. The van der Waals surface area contributed by atoms with Crippen LogP contribution in [0.1, 0.15) is 13.3 Å². The normalized spacial score (nSPS) is 19.2. The molecule has 0 unspecified atom stereocenters. The monoisotopic (exact) mass is 353 g/mol. The largest absolute Gasteiger partial charge is 0.492 e. The minimum atomic E-state index is 0.194. The van der Waals surface area contributed by atoms with Gasteiger partial charge in [-0.25, -0.2) is 0 Å². The van der Waals surface area contributed by atoms with E-state index in [0.717, 1.165) is 25.4 Å². The van der Waals surface area contributed by atoms with Crippen LogP contribution in [0.5, 0.6) is 5.75 Å². The Hall–Kier alpha value is -1.30. The minimum absolute atomic E-state index is 0.194. The van der Waals surface area contributed by atoms with Crippen LogP contribution in [0, 0.1) is 0 Å². The number of benzene rings is 1. The highest BCUT2D eigenvalue weighted by molar-refractivity contribution is 6.30. The number of ether oxygens (including phenoxy) is 1. The molecule has 1 aromatic carbocycles. The number of amides is 1. The molecule has 0 radical (unpaired) electrons. The van der Waals surface area contributed by atoms with Gasteiger partial charge in [-0.2, -0.15) is 0 Å². The number of rotatable bonds is 7. The highest BCUT2D eigenvalue weighted by Gasteiger charge is 2.26. The second kappa shape index (κ2) is 9.25. The third-order valence-corrected chi connectivity index (χ3v) is 4.79. The predicted molar refractivity (Wildman–Crippen MR) is 97.7 cm³/mol. The summed E-state index contributed by atoms with van der Waals surface area (Å²) in [6.45, 7) is 6.79. The molecular weight excluding hydrogens is 326 g/mol. The quantitative estimate of drug-likeness (QED) is 0.753. The van der Waals surface area contributed by atoms with Gasteiger partial charge < -0.3 is 19.4 Å². The molecule has 0 saturated carbocycles. The Morgan fingerprint density at radius 3 is 2.88 bits per heavy atom. The molecule has 0 spiro atoms. The Balaban J connectivity index is 1.80. The van der Waals surface area contributed by atoms with Crippen molar-refractivity contribution in [2.75, 3.05) is 53.4 Å². The molecule has 0 bridgehead atoms. The van der Waals surface area contributed by atoms with Crippen LogP contribution in [-0.4, -0.2) is 80.1 Å². The standard InChI is InChI=1S/C18H28ClN3O2/c1-4-22(10-11-24-17-7-5-6-15(19)12-17)18(23)13-16-14-20(2)8-9-21(16)3/h5-7,12,16H,4,8-11,13-14H2,1-3H3/t16-/m0/s1. The predicted octanol–water partition coefficient (Wildman–Crippen LogP) is 2.20. The van der Waals surface area contributed by atoms with E-state index >= 15 is 0 Å². The summed E-state index contributed by atoms with van der Waals surface area (Å²) in [5, 5.41) is 0.653. The SMILES string of the molecule is CCN(CCOc1cccc(Cl)c1)C(=O)C[C@H]1CN(C)CCN1C. The zero-order chi connectivity index (χ0) is 17.5. The van der Waals surface area contributed by atoms with E-state index in [0.29, 0.717) is 37.2 Å². The van der Waals surface area contributed by atoms with Gasteiger partial charge in [-0.15, -0.1) is 0 Å². The van der Waals surface area contributed by atoms with Crippen LogP contribution in [0.4, 0.5) is 0 Å². The third kappa shape index (κ3) is 5.65. The number of carbonyl (C=O) groups is 1. The second-order valence-corrected chi connectivity index (χ2v) is 6.82. The Morgan fingerprint density at radius 1 is 1.38 bits per heavy atom. The molecule has 2 rings (SSSR count). The molecule has 1 aliphatic rings. The van der Waals surface area contributed by atoms with E-state index in [4.69, 9.17) is 16.3 Å². The van der Waals surface area contributed by atoms with Gasteiger partial charge in [-0.1, -0.05) is 17.7 Å². The van der Waals surface area contributed by atoms with Crippen LogP contribution >= 0.6 is 11.6 Å². The summed E-state index contributed by atoms with van der Waals surface area (Å²) >= 11 is 5.94. The average Bonchev–Trinajstić information content (AvgIpc) is 2.55. The van der Waals surface area contributed by atoms with Gasteiger partial charge in [-0.3, -0.25) is 4.79 Å². The summed E-state index contributed by atoms with van der Waals surface area (Å²) in [6.07, 6.45) is 0.561. The maximum atomic E-state index is 12.6. The first-order valence-electron chi connectivity index (χ1n) is 8.54. The summed E-state index contributed by atoms with van der Waals surface area (Å²) in [5.41, 5.74) is 0. The van der Waals surface area contributed by atoms with E-state index in [1.165, 1.54) is 0 Å². The summed E-state index contributed by atoms with van der Waals surface area (Å²) in [7, 11) is 4.21. The van der Waals surface area contributed by atoms with Crippen LogP contribution in [0.25, 0.3) is 0 Å². The molecule has 5 nitrogen and oxygen atoms in total. The molecule has 134 valence electrons. The number of piperazine rings is 1. The molecule has 0 aliphatic carbocycles. The van der Waals surface area contributed by atoms with Crippen LogP contribution < -0.4 is 4.74 Å². The molecular formula is C18H28ClN3O2. The highest BCUT2D eigenvalue weighted by Crippen LogP contribution is 2.17. The first-order chi connectivity index (χ1) is 11.5. The van der Waals surface area contributed by atoms with Gasteiger partial charge in [0.25, 0.3) is 0 Å². The Kier molecular flexibility index (Phi) is 7.34. The van der Waals surface area contributed by atoms with Crippen molar-refractivity contribution in [1.82, 2.24) is 14.7 Å². The lowest BCUT2D eigenvalue weighted by Crippen LogP contribution is -2.52. The van der Waals surface area contributed by atoms with Crippen molar-refractivity contribution in [2.24, 2.45) is 0 Å². The number of carbonyl (C=O) groups excluding carboxylic acids is 1. The number of hydrogen-bond donors (Lipinski definition) is 0. The van der Waals surface area contributed by atoms with Crippen LogP contribution in [-0.2, 0) is 4.79 Å². The van der Waals surface area contributed by atoms with Gasteiger partial charge in [0.15, 0.2) is 0 Å². The van der Waals surface area contributed by atoms with E-state index in [2.05, 4.69) is 23.9 Å². The fraction of sp³-hybridized carbons (Fsp3) is 0.611. The van der Waals surface area contributed by atoms with E-state index in [-0.39, 0.29) is 5.91 Å². The first kappa shape index (κ1) is 19.0. The van der Waals surface area contributed by atoms with Gasteiger partial charge in [-0.05, 0) is 39.2 Å². The summed E-state index contributed by atoms with van der Waals surface area (Å²) in [4.78, 5) is 19.0. The van der Waals surface area contributed by atoms with E-state index < -0.39 is 0 Å². The molecule has 1 atom stereocenters. The van der Waals surface area contributed by atoms with Crippen molar-refractivity contribution < 1.29 is 9.53 Å². The zero-order valence-corrected chi connectivity index (χ0v) is 15.6. The summed E-state index contributed by atoms with van der Waals surface area (Å²) in [6, 6.07) is 7.62. The molecule has 1 aromatic rings. The van der Waals surface area contributed by atoms with Crippen molar-refractivity contribution in [3.8, 4) is 5.75 Å². The van der Waals surface area contributed by atoms with Crippen LogP contribution in [0.15, 0.2) is 24.3 Å². The maximum absolute atomic E-state index is 12.6. The number of halogens is 1. The van der Waals surface area contributed by atoms with Gasteiger partial charge in [0.2, 0.25) is 5.91 Å². The van der Waals surface area contributed by atoms with E-state index in [9.17, 15) is 4.79 Å². The van der Waals surface area contributed by atoms with Crippen molar-refractivity contribution >= 4 is 17.5 Å². The van der Waals surface area contributed by atoms with E-state index in [1.54, 1.807) is 6.07 Å². The molecule has 0 aromatic heterocycles. The van der Waals surface area contributed by atoms with Crippen molar-refractivity contribution in [3.05, 3.63) is 29.3 Å². The Bertz CT molecular complexity index is 541. The van der Waals surface area contributed by atoms with Crippen LogP contribution in [0.3, 0.4) is 0 Å². The maximum Gasteiger partial charge on any atom is 0.224 e. The Morgan fingerprint density at radius 2 is 2.17 bits per heavy atom. The van der Waals surface area contributed by atoms with Crippen LogP contribution in [0.2, 0.25) is 5.02 Å². The molecule has 0 N–H and O–H groups in total. The molecule has 1 amide bonds. The summed E-state index contributed by atoms with van der Waals surface area (Å²) < 4.78 is 5.70. The fourth-order valence-electron chi connectivity index (χ4n) is 2.94. The lowest BCUT2D eigenvalue weighted by Gasteiger charge is -2.38. The molecule has 1 saturated heterocycles. The first-order valence-corrected chi connectivity index (χ1v) is 8.92. The van der Waals surface area contributed by atoms with Gasteiger partial charge in [0, 0.05) is 43.7 Å². The second-order valence-electron chi connectivity index (χ2n) is 6.38. The Labute approximate surface area is 150 Å². The number of nitrogens with zero attached hydrogens (tertiary/aromatic N) is 3. The van der Waals surface area contributed by atoms with Crippen molar-refractivity contribution in [3.63, 3.8) is 0 Å². The van der Waals surface area contributed by atoms with Crippen molar-refractivity contribution in [2.45, 2.75) is 19.4 Å². The number of likely N-dealkylation sites (N-methyl/N-ethyl adjacent to an activating group) is 3. The highest BCUT2D eigenvalue weighted by atomic mass is 35.5. The smallest absolute Gasteiger partial charge is 0.224 e. The molecule has 1 fully saturated rings. The van der Waals surface area contributed by atoms with Gasteiger partial charge >= 0.3 is 0 Å². The van der Waals surface area contributed by atoms with Gasteiger partial charge in [0.1, 0.15) is 12.4 Å². The zero-order valence-electron chi connectivity index (χ0n) is 14.9. The lowest BCUT2D eigenvalue weighted by atomic mass is 10.1. The summed E-state index contributed by atoms with van der Waals surface area (Å²) in [5.74, 6) is 0.930. The van der Waals surface area contributed by atoms with Gasteiger partial charge in [0.05, 0.1) is 6.54 Å². The molecule has 1 aliphatic heterocycles. The topological polar surface area (TPSA) is 36.0 Å². The average molecular weight is 354 g/mol. The number of hydrogen-bond acceptors (Lipinski definition) is 4.